The first-order valence-corrected chi connectivity index (χ1v) is 9.78. The first-order chi connectivity index (χ1) is 12.2. The van der Waals surface area contributed by atoms with E-state index in [0.29, 0.717) is 19.5 Å². The molecule has 1 saturated carbocycles. The molecule has 0 spiro atoms. The van der Waals surface area contributed by atoms with Crippen LogP contribution in [0.2, 0.25) is 0 Å². The van der Waals surface area contributed by atoms with Gasteiger partial charge in [-0.1, -0.05) is 49.6 Å². The lowest BCUT2D eigenvalue weighted by atomic mass is 9.71. The van der Waals surface area contributed by atoms with E-state index in [1.165, 1.54) is 24.8 Å². The van der Waals surface area contributed by atoms with E-state index in [0.717, 1.165) is 38.9 Å². The molecule has 2 aliphatic rings. The summed E-state index contributed by atoms with van der Waals surface area (Å²) in [5, 5.41) is 3.25. The van der Waals surface area contributed by atoms with Crippen molar-refractivity contribution in [3.8, 4) is 0 Å². The summed E-state index contributed by atoms with van der Waals surface area (Å²) in [6.45, 7) is 2.84. The van der Waals surface area contributed by atoms with Crippen LogP contribution < -0.4 is 11.1 Å². The van der Waals surface area contributed by atoms with E-state index in [1.54, 1.807) is 0 Å². The van der Waals surface area contributed by atoms with Crippen LogP contribution in [-0.4, -0.2) is 32.2 Å². The second-order valence-corrected chi connectivity index (χ2v) is 7.98. The molecule has 0 unspecified atom stereocenters. The van der Waals surface area contributed by atoms with Crippen molar-refractivity contribution in [2.45, 2.75) is 56.8 Å². The van der Waals surface area contributed by atoms with Crippen LogP contribution in [0, 0.1) is 5.41 Å². The molecule has 25 heavy (non-hydrogen) atoms. The zero-order chi connectivity index (χ0) is 17.6. The Morgan fingerprint density at radius 2 is 1.72 bits per heavy atom. The van der Waals surface area contributed by atoms with E-state index < -0.39 is 0 Å². The minimum Gasteiger partial charge on any atom is -0.381 e. The third kappa shape index (κ3) is 4.42. The second-order valence-electron chi connectivity index (χ2n) is 7.98. The summed E-state index contributed by atoms with van der Waals surface area (Å²) < 4.78 is 5.58. The normalized spacial score (nSPS) is 22.3. The number of nitrogens with two attached hydrogens (primary N) is 1. The molecule has 3 N–H and O–H groups in total. The first kappa shape index (κ1) is 18.4. The summed E-state index contributed by atoms with van der Waals surface area (Å²) in [6.07, 6.45) is 8.36. The van der Waals surface area contributed by atoms with Gasteiger partial charge in [-0.2, -0.15) is 0 Å². The molecule has 1 aliphatic carbocycles. The molecule has 1 aliphatic heterocycles. The lowest BCUT2D eigenvalue weighted by Gasteiger charge is -2.39. The van der Waals surface area contributed by atoms with Gasteiger partial charge in [0.2, 0.25) is 5.91 Å². The number of ether oxygens (including phenoxy) is 1. The van der Waals surface area contributed by atoms with E-state index in [2.05, 4.69) is 29.6 Å². The minimum atomic E-state index is -0.00237. The molecule has 0 aromatic heterocycles. The van der Waals surface area contributed by atoms with Crippen molar-refractivity contribution in [3.63, 3.8) is 0 Å². The van der Waals surface area contributed by atoms with E-state index >= 15 is 0 Å². The van der Waals surface area contributed by atoms with Crippen molar-refractivity contribution in [1.82, 2.24) is 5.32 Å². The number of hydrogen-bond donors (Lipinski definition) is 2. The molecule has 4 heteroatoms. The number of rotatable bonds is 6. The Morgan fingerprint density at radius 3 is 2.36 bits per heavy atom. The minimum absolute atomic E-state index is 0.00237. The van der Waals surface area contributed by atoms with Gasteiger partial charge in [0, 0.05) is 31.6 Å². The van der Waals surface area contributed by atoms with Crippen molar-refractivity contribution >= 4 is 5.91 Å². The molecular formula is C21H32N2O2. The lowest BCUT2D eigenvalue weighted by molar-refractivity contribution is -0.124. The van der Waals surface area contributed by atoms with Gasteiger partial charge in [0.25, 0.3) is 0 Å². The van der Waals surface area contributed by atoms with Gasteiger partial charge < -0.3 is 15.8 Å². The van der Waals surface area contributed by atoms with E-state index in [9.17, 15) is 4.79 Å². The molecule has 1 saturated heterocycles. The highest BCUT2D eigenvalue weighted by molar-refractivity contribution is 5.77. The molecule has 1 aromatic rings. The van der Waals surface area contributed by atoms with Gasteiger partial charge in [-0.15, -0.1) is 0 Å². The molecule has 3 rings (SSSR count). The summed E-state index contributed by atoms with van der Waals surface area (Å²) in [4.78, 5) is 12.7. The fraction of sp³-hybridized carbons (Fsp3) is 0.667. The summed E-state index contributed by atoms with van der Waals surface area (Å²) in [7, 11) is 0. The monoisotopic (exact) mass is 344 g/mol. The van der Waals surface area contributed by atoms with Gasteiger partial charge in [-0.3, -0.25) is 4.79 Å². The Morgan fingerprint density at radius 1 is 1.04 bits per heavy atom. The quantitative estimate of drug-likeness (QED) is 0.833. The van der Waals surface area contributed by atoms with Crippen molar-refractivity contribution in [3.05, 3.63) is 35.9 Å². The van der Waals surface area contributed by atoms with Crippen molar-refractivity contribution in [2.24, 2.45) is 11.1 Å². The average Bonchev–Trinajstić information content (AvgIpc) is 2.68. The number of carbonyl (C=O) groups excluding carboxylic acids is 1. The van der Waals surface area contributed by atoms with Gasteiger partial charge in [0.05, 0.1) is 0 Å². The van der Waals surface area contributed by atoms with Gasteiger partial charge in [-0.05, 0) is 43.2 Å². The fourth-order valence-electron chi connectivity index (χ4n) is 4.55. The smallest absolute Gasteiger partial charge is 0.220 e. The van der Waals surface area contributed by atoms with Crippen LogP contribution in [0.15, 0.2) is 30.3 Å². The summed E-state index contributed by atoms with van der Waals surface area (Å²) in [6, 6.07) is 10.6. The fourth-order valence-corrected chi connectivity index (χ4v) is 4.55. The number of carbonyl (C=O) groups is 1. The largest absolute Gasteiger partial charge is 0.381 e. The van der Waals surface area contributed by atoms with Gasteiger partial charge in [-0.25, -0.2) is 0 Å². The van der Waals surface area contributed by atoms with E-state index in [1.807, 2.05) is 6.07 Å². The predicted molar refractivity (Wildman–Crippen MR) is 100 cm³/mol. The third-order valence-corrected chi connectivity index (χ3v) is 6.34. The zero-order valence-electron chi connectivity index (χ0n) is 15.3. The Balaban J connectivity index is 1.64. The maximum atomic E-state index is 12.7. The maximum absolute atomic E-state index is 12.7. The molecule has 138 valence electrons. The van der Waals surface area contributed by atoms with Crippen LogP contribution in [0.1, 0.15) is 56.9 Å². The second kappa shape index (κ2) is 8.33. The molecule has 0 bridgehead atoms. The highest BCUT2D eigenvalue weighted by Crippen LogP contribution is 2.39. The highest BCUT2D eigenvalue weighted by Gasteiger charge is 2.36. The average molecular weight is 344 g/mol. The Bertz CT molecular complexity index is 546. The molecule has 2 fully saturated rings. The van der Waals surface area contributed by atoms with E-state index in [-0.39, 0.29) is 16.7 Å². The highest BCUT2D eigenvalue weighted by atomic mass is 16.5. The topological polar surface area (TPSA) is 64.4 Å². The molecule has 1 heterocycles. The van der Waals surface area contributed by atoms with Crippen molar-refractivity contribution in [2.75, 3.05) is 26.3 Å². The van der Waals surface area contributed by atoms with Gasteiger partial charge in [0.1, 0.15) is 0 Å². The number of hydrogen-bond acceptors (Lipinski definition) is 3. The van der Waals surface area contributed by atoms with Crippen LogP contribution in [0.25, 0.3) is 0 Å². The lowest BCUT2D eigenvalue weighted by Crippen LogP contribution is -2.46. The maximum Gasteiger partial charge on any atom is 0.220 e. The molecule has 1 amide bonds. The van der Waals surface area contributed by atoms with Crippen LogP contribution in [-0.2, 0) is 14.9 Å². The van der Waals surface area contributed by atoms with Crippen molar-refractivity contribution < 1.29 is 9.53 Å². The number of benzene rings is 1. The molecular weight excluding hydrogens is 312 g/mol. The predicted octanol–water partition coefficient (Wildman–Crippen LogP) is 3.15. The van der Waals surface area contributed by atoms with Crippen LogP contribution in [0.4, 0.5) is 0 Å². The number of amides is 1. The van der Waals surface area contributed by atoms with Gasteiger partial charge >= 0.3 is 0 Å². The zero-order valence-corrected chi connectivity index (χ0v) is 15.3. The third-order valence-electron chi connectivity index (χ3n) is 6.34. The molecule has 4 nitrogen and oxygen atoms in total. The Kier molecular flexibility index (Phi) is 6.13. The van der Waals surface area contributed by atoms with Crippen molar-refractivity contribution in [1.29, 1.82) is 0 Å². The van der Waals surface area contributed by atoms with E-state index in [4.69, 9.17) is 10.5 Å². The van der Waals surface area contributed by atoms with Crippen LogP contribution >= 0.6 is 0 Å². The number of nitrogens with one attached hydrogen (secondary N) is 1. The summed E-state index contributed by atoms with van der Waals surface area (Å²) in [5.41, 5.74) is 7.38. The standard InChI is InChI=1S/C21H32N2O2/c22-16-20(9-5-2-6-10-20)15-19(24)23-17-21(11-13-25-14-12-21)18-7-3-1-4-8-18/h1,3-4,7-8H,2,5-6,9-17,22H2,(H,23,24). The molecule has 0 atom stereocenters. The van der Waals surface area contributed by atoms with Crippen LogP contribution in [0.5, 0.6) is 0 Å². The Hall–Kier alpha value is -1.39. The van der Waals surface area contributed by atoms with Crippen LogP contribution in [0.3, 0.4) is 0 Å². The van der Waals surface area contributed by atoms with Gasteiger partial charge in [0.15, 0.2) is 0 Å². The first-order valence-electron chi connectivity index (χ1n) is 9.78. The molecule has 1 aromatic carbocycles. The summed E-state index contributed by atoms with van der Waals surface area (Å²) in [5.74, 6) is 0.161. The summed E-state index contributed by atoms with van der Waals surface area (Å²) >= 11 is 0. The SMILES string of the molecule is NCC1(CC(=O)NCC2(c3ccccc3)CCOCC2)CCCCC1. The Labute approximate surface area is 151 Å². The molecule has 0 radical (unpaired) electrons.